The third-order valence-electron chi connectivity index (χ3n) is 4.95. The van der Waals surface area contributed by atoms with Crippen molar-refractivity contribution in [3.8, 4) is 5.75 Å². The molecule has 0 aliphatic carbocycles. The first-order valence-electron chi connectivity index (χ1n) is 9.27. The van der Waals surface area contributed by atoms with Crippen molar-refractivity contribution >= 4 is 33.4 Å². The van der Waals surface area contributed by atoms with Gasteiger partial charge in [0.1, 0.15) is 17.3 Å². The van der Waals surface area contributed by atoms with Crippen LogP contribution in [0.1, 0.15) is 17.2 Å². The molecule has 0 aromatic heterocycles. The summed E-state index contributed by atoms with van der Waals surface area (Å²) in [5.74, 6) is -1.98. The predicted octanol–water partition coefficient (Wildman–Crippen LogP) is 3.58. The molecule has 6 nitrogen and oxygen atoms in total. The van der Waals surface area contributed by atoms with Crippen LogP contribution in [0.4, 0.5) is 4.39 Å². The van der Waals surface area contributed by atoms with Crippen molar-refractivity contribution in [1.29, 1.82) is 0 Å². The van der Waals surface area contributed by atoms with Crippen LogP contribution in [0.25, 0.3) is 5.76 Å². The fraction of sp³-hybridized carbons (Fsp3) is 0.273. The number of halogens is 2. The third kappa shape index (κ3) is 4.11. The Bertz CT molecular complexity index is 1020. The van der Waals surface area contributed by atoms with Gasteiger partial charge in [-0.25, -0.2) is 4.39 Å². The van der Waals surface area contributed by atoms with E-state index in [0.29, 0.717) is 22.3 Å². The molecular formula is C22H22BrFN2O4. The third-order valence-corrected chi connectivity index (χ3v) is 5.57. The predicted molar refractivity (Wildman–Crippen MR) is 115 cm³/mol. The second-order valence-corrected chi connectivity index (χ2v) is 8.02. The highest BCUT2D eigenvalue weighted by molar-refractivity contribution is 9.10. The van der Waals surface area contributed by atoms with Crippen LogP contribution in [0.5, 0.6) is 5.75 Å². The van der Waals surface area contributed by atoms with E-state index >= 15 is 0 Å². The van der Waals surface area contributed by atoms with E-state index in [2.05, 4.69) is 15.9 Å². The van der Waals surface area contributed by atoms with E-state index in [1.54, 1.807) is 24.3 Å². The van der Waals surface area contributed by atoms with E-state index in [0.717, 1.165) is 0 Å². The molecule has 8 heteroatoms. The van der Waals surface area contributed by atoms with Crippen LogP contribution in [-0.2, 0) is 9.59 Å². The summed E-state index contributed by atoms with van der Waals surface area (Å²) < 4.78 is 20.4. The summed E-state index contributed by atoms with van der Waals surface area (Å²) in [5, 5.41) is 11.0. The molecule has 1 heterocycles. The number of Topliss-reactive ketones (excluding diaryl/α,β-unsaturated/α-hetero) is 1. The van der Waals surface area contributed by atoms with Gasteiger partial charge in [0.2, 0.25) is 0 Å². The lowest BCUT2D eigenvalue weighted by Gasteiger charge is -2.26. The number of aliphatic hydroxyl groups is 1. The molecule has 1 fully saturated rings. The summed E-state index contributed by atoms with van der Waals surface area (Å²) in [5.41, 5.74) is 0.333. The molecule has 2 aromatic rings. The summed E-state index contributed by atoms with van der Waals surface area (Å²) in [4.78, 5) is 28.9. The number of hydrogen-bond acceptors (Lipinski definition) is 5. The lowest BCUT2D eigenvalue weighted by atomic mass is 9.95. The van der Waals surface area contributed by atoms with E-state index in [9.17, 15) is 19.1 Å². The molecule has 0 bridgehead atoms. The molecule has 1 atom stereocenters. The molecule has 158 valence electrons. The van der Waals surface area contributed by atoms with Crippen molar-refractivity contribution < 1.29 is 23.8 Å². The number of aliphatic hydroxyl groups excluding tert-OH is 1. The summed E-state index contributed by atoms with van der Waals surface area (Å²) in [7, 11) is 5.18. The van der Waals surface area contributed by atoms with Crippen molar-refractivity contribution in [2.75, 3.05) is 34.3 Å². The Balaban J connectivity index is 2.18. The Morgan fingerprint density at radius 3 is 2.53 bits per heavy atom. The minimum atomic E-state index is -1.02. The lowest BCUT2D eigenvalue weighted by Crippen LogP contribution is -2.35. The number of likely N-dealkylation sites (N-methyl/N-ethyl adjacent to an activating group) is 1. The van der Waals surface area contributed by atoms with Crippen molar-refractivity contribution in [1.82, 2.24) is 9.80 Å². The maximum absolute atomic E-state index is 14.7. The number of carbonyl (C=O) groups is 2. The maximum atomic E-state index is 14.7. The van der Waals surface area contributed by atoms with Crippen LogP contribution in [0.15, 0.2) is 52.5 Å². The summed E-state index contributed by atoms with van der Waals surface area (Å²) in [6.45, 7) is 0.686. The summed E-state index contributed by atoms with van der Waals surface area (Å²) in [6.07, 6.45) is 0. The first-order valence-corrected chi connectivity index (χ1v) is 10.1. The van der Waals surface area contributed by atoms with Crippen molar-refractivity contribution in [2.24, 2.45) is 0 Å². The average molecular weight is 477 g/mol. The van der Waals surface area contributed by atoms with Crippen LogP contribution in [0.3, 0.4) is 0 Å². The number of ether oxygens (including phenoxy) is 1. The van der Waals surface area contributed by atoms with Gasteiger partial charge in [-0.15, -0.1) is 0 Å². The van der Waals surface area contributed by atoms with Gasteiger partial charge in [0, 0.05) is 24.2 Å². The molecule has 2 aromatic carbocycles. The molecule has 0 saturated carbocycles. The quantitative estimate of drug-likeness (QED) is 0.392. The fourth-order valence-electron chi connectivity index (χ4n) is 3.41. The van der Waals surface area contributed by atoms with Crippen LogP contribution in [0, 0.1) is 5.82 Å². The highest BCUT2D eigenvalue weighted by Gasteiger charge is 2.46. The number of nitrogens with zero attached hydrogens (tertiary/aromatic N) is 2. The Morgan fingerprint density at radius 2 is 1.93 bits per heavy atom. The zero-order valence-corrected chi connectivity index (χ0v) is 18.4. The molecule has 1 saturated heterocycles. The smallest absolute Gasteiger partial charge is 0.295 e. The largest absolute Gasteiger partial charge is 0.507 e. The zero-order valence-electron chi connectivity index (χ0n) is 16.9. The second-order valence-electron chi connectivity index (χ2n) is 7.17. The van der Waals surface area contributed by atoms with Gasteiger partial charge in [0.25, 0.3) is 11.7 Å². The first kappa shape index (κ1) is 22.0. The summed E-state index contributed by atoms with van der Waals surface area (Å²) >= 11 is 3.35. The van der Waals surface area contributed by atoms with Gasteiger partial charge < -0.3 is 19.6 Å². The molecule has 1 amide bonds. The number of benzene rings is 2. The average Bonchev–Trinajstić information content (AvgIpc) is 2.96. The standard InChI is InChI=1S/C22H22BrFN2O4/c1-25(2)10-11-26-19(14-6-4-5-7-16(14)24)18(21(28)22(26)29)20(27)13-8-9-17(30-3)15(23)12-13/h4-9,12,19,27H,10-11H2,1-3H3/b20-18+. The van der Waals surface area contributed by atoms with Crippen molar-refractivity contribution in [3.05, 3.63) is 69.5 Å². The van der Waals surface area contributed by atoms with Crippen LogP contribution in [0.2, 0.25) is 0 Å². The SMILES string of the molecule is COc1ccc(/C(O)=C2\C(=O)C(=O)N(CCN(C)C)C2c2ccccc2F)cc1Br. The van der Waals surface area contributed by atoms with Gasteiger partial charge in [-0.05, 0) is 54.3 Å². The van der Waals surface area contributed by atoms with Gasteiger partial charge >= 0.3 is 0 Å². The topological polar surface area (TPSA) is 70.1 Å². The Hall–Kier alpha value is -2.71. The fourth-order valence-corrected chi connectivity index (χ4v) is 3.95. The van der Waals surface area contributed by atoms with Gasteiger partial charge in [-0.1, -0.05) is 18.2 Å². The van der Waals surface area contributed by atoms with E-state index in [1.165, 1.54) is 30.2 Å². The van der Waals surface area contributed by atoms with Gasteiger partial charge in [0.05, 0.1) is 23.2 Å². The normalized spacial score (nSPS) is 18.3. The zero-order chi connectivity index (χ0) is 22.0. The molecule has 3 rings (SSSR count). The maximum Gasteiger partial charge on any atom is 0.295 e. The highest BCUT2D eigenvalue weighted by Crippen LogP contribution is 2.40. The van der Waals surface area contributed by atoms with E-state index in [-0.39, 0.29) is 23.4 Å². The number of ketones is 1. The van der Waals surface area contributed by atoms with E-state index < -0.39 is 23.5 Å². The molecule has 0 spiro atoms. The number of hydrogen-bond donors (Lipinski definition) is 1. The minimum absolute atomic E-state index is 0.138. The lowest BCUT2D eigenvalue weighted by molar-refractivity contribution is -0.140. The minimum Gasteiger partial charge on any atom is -0.507 e. The van der Waals surface area contributed by atoms with Crippen LogP contribution in [-0.4, -0.2) is 60.9 Å². The van der Waals surface area contributed by atoms with Gasteiger partial charge in [0.15, 0.2) is 0 Å². The molecule has 1 N–H and O–H groups in total. The number of likely N-dealkylation sites (tertiary alicyclic amines) is 1. The molecule has 0 radical (unpaired) electrons. The number of carbonyl (C=O) groups excluding carboxylic acids is 2. The molecule has 30 heavy (non-hydrogen) atoms. The van der Waals surface area contributed by atoms with E-state index in [1.807, 2.05) is 19.0 Å². The molecule has 1 aliphatic rings. The van der Waals surface area contributed by atoms with E-state index in [4.69, 9.17) is 4.74 Å². The van der Waals surface area contributed by atoms with Crippen molar-refractivity contribution in [2.45, 2.75) is 6.04 Å². The first-order chi connectivity index (χ1) is 14.3. The Morgan fingerprint density at radius 1 is 1.23 bits per heavy atom. The second kappa shape index (κ2) is 8.97. The van der Waals surface area contributed by atoms with Crippen LogP contribution < -0.4 is 4.74 Å². The number of methoxy groups -OCH3 is 1. The van der Waals surface area contributed by atoms with Crippen molar-refractivity contribution in [3.63, 3.8) is 0 Å². The van der Waals surface area contributed by atoms with Gasteiger partial charge in [-0.2, -0.15) is 0 Å². The highest BCUT2D eigenvalue weighted by atomic mass is 79.9. The Kier molecular flexibility index (Phi) is 6.58. The molecular weight excluding hydrogens is 455 g/mol. The summed E-state index contributed by atoms with van der Waals surface area (Å²) in [6, 6.07) is 9.72. The van der Waals surface area contributed by atoms with Crippen LogP contribution >= 0.6 is 15.9 Å². The Labute approximate surface area is 182 Å². The molecule has 1 unspecified atom stereocenters. The number of rotatable bonds is 6. The number of amides is 1. The monoisotopic (exact) mass is 476 g/mol. The van der Waals surface area contributed by atoms with Gasteiger partial charge in [-0.3, -0.25) is 9.59 Å². The molecule has 1 aliphatic heterocycles.